The third-order valence-electron chi connectivity index (χ3n) is 5.80. The standard InChI is InChI=1S/C26H30N6O2S/c1-3-5-8-16-35-24-17-23(33)31(15-4-2)26(34)32(24)18-19-11-13-20(14-12-19)21-9-6-7-10-22(21)25-27-29-30-28-25/h6-7,9-14,17H,3-5,8,15-16,18H2,1-2H3,(H,27,28,29,30). The van der Waals surface area contributed by atoms with Crippen molar-refractivity contribution in [3.8, 4) is 22.5 Å². The molecule has 0 saturated heterocycles. The number of H-pyrrole nitrogens is 1. The van der Waals surface area contributed by atoms with Gasteiger partial charge in [-0.1, -0.05) is 75.2 Å². The Kier molecular flexibility index (Phi) is 8.31. The number of aromatic nitrogens is 6. The lowest BCUT2D eigenvalue weighted by atomic mass is 9.98. The van der Waals surface area contributed by atoms with E-state index < -0.39 is 0 Å². The molecule has 182 valence electrons. The Morgan fingerprint density at radius 1 is 0.914 bits per heavy atom. The highest BCUT2D eigenvalue weighted by Crippen LogP contribution is 2.30. The van der Waals surface area contributed by atoms with Gasteiger partial charge in [0.1, 0.15) is 0 Å². The molecule has 0 spiro atoms. The molecule has 4 aromatic rings. The first-order valence-electron chi connectivity index (χ1n) is 12.0. The molecule has 0 aliphatic rings. The summed E-state index contributed by atoms with van der Waals surface area (Å²) in [6.07, 6.45) is 4.05. The van der Waals surface area contributed by atoms with Crippen LogP contribution in [0, 0.1) is 0 Å². The molecule has 0 aliphatic heterocycles. The summed E-state index contributed by atoms with van der Waals surface area (Å²) < 4.78 is 3.07. The minimum Gasteiger partial charge on any atom is -0.283 e. The summed E-state index contributed by atoms with van der Waals surface area (Å²) in [5.41, 5.74) is 3.43. The molecule has 35 heavy (non-hydrogen) atoms. The summed E-state index contributed by atoms with van der Waals surface area (Å²) >= 11 is 1.59. The maximum Gasteiger partial charge on any atom is 0.332 e. The topological polar surface area (TPSA) is 98.5 Å². The van der Waals surface area contributed by atoms with Crippen molar-refractivity contribution in [1.82, 2.24) is 29.8 Å². The number of nitrogens with zero attached hydrogens (tertiary/aromatic N) is 5. The SMILES string of the molecule is CCCCCSc1cc(=O)n(CCC)c(=O)n1Cc1ccc(-c2ccccc2-c2nn[nH]n2)cc1. The van der Waals surface area contributed by atoms with Crippen LogP contribution in [0.5, 0.6) is 0 Å². The average molecular weight is 491 g/mol. The highest BCUT2D eigenvalue weighted by Gasteiger charge is 2.14. The van der Waals surface area contributed by atoms with Gasteiger partial charge < -0.3 is 0 Å². The van der Waals surface area contributed by atoms with Crippen LogP contribution in [0.3, 0.4) is 0 Å². The van der Waals surface area contributed by atoms with Crippen molar-refractivity contribution in [3.05, 3.63) is 81.0 Å². The highest BCUT2D eigenvalue weighted by atomic mass is 32.2. The van der Waals surface area contributed by atoms with Gasteiger partial charge in [0.15, 0.2) is 0 Å². The van der Waals surface area contributed by atoms with E-state index in [0.29, 0.717) is 18.9 Å². The van der Waals surface area contributed by atoms with Gasteiger partial charge in [0.25, 0.3) is 5.56 Å². The van der Waals surface area contributed by atoms with Crippen molar-refractivity contribution in [2.45, 2.75) is 57.6 Å². The summed E-state index contributed by atoms with van der Waals surface area (Å²) in [5.74, 6) is 1.43. The van der Waals surface area contributed by atoms with Crippen LogP contribution >= 0.6 is 11.8 Å². The van der Waals surface area contributed by atoms with Crippen LogP contribution < -0.4 is 11.2 Å². The van der Waals surface area contributed by atoms with Gasteiger partial charge in [-0.15, -0.1) is 22.0 Å². The summed E-state index contributed by atoms with van der Waals surface area (Å²) in [6, 6.07) is 17.6. The minimum atomic E-state index is -0.246. The number of thioether (sulfide) groups is 1. The van der Waals surface area contributed by atoms with Gasteiger partial charge in [-0.25, -0.2) is 4.79 Å². The molecule has 4 rings (SSSR count). The van der Waals surface area contributed by atoms with Crippen LogP contribution in [0.2, 0.25) is 0 Å². The quantitative estimate of drug-likeness (QED) is 0.187. The van der Waals surface area contributed by atoms with Crippen molar-refractivity contribution >= 4 is 11.8 Å². The lowest BCUT2D eigenvalue weighted by Crippen LogP contribution is -2.40. The van der Waals surface area contributed by atoms with Crippen LogP contribution in [0.15, 0.2) is 69.2 Å². The van der Waals surface area contributed by atoms with E-state index in [2.05, 4.69) is 27.5 Å². The number of nitrogens with one attached hydrogen (secondary N) is 1. The molecule has 2 aromatic carbocycles. The van der Waals surface area contributed by atoms with Crippen molar-refractivity contribution in [1.29, 1.82) is 0 Å². The summed E-state index contributed by atoms with van der Waals surface area (Å²) in [4.78, 5) is 25.8. The highest BCUT2D eigenvalue weighted by molar-refractivity contribution is 7.99. The molecule has 0 aliphatic carbocycles. The Hall–Kier alpha value is -3.46. The molecule has 2 heterocycles. The van der Waals surface area contributed by atoms with Gasteiger partial charge in [0, 0.05) is 18.2 Å². The fraction of sp³-hybridized carbons (Fsp3) is 0.346. The fourth-order valence-electron chi connectivity index (χ4n) is 4.00. The molecular formula is C26H30N6O2S. The van der Waals surface area contributed by atoms with Crippen LogP contribution in [-0.4, -0.2) is 35.5 Å². The molecule has 0 bridgehead atoms. The fourth-order valence-corrected chi connectivity index (χ4v) is 5.04. The minimum absolute atomic E-state index is 0.223. The van der Waals surface area contributed by atoms with Gasteiger partial charge in [-0.05, 0) is 40.5 Å². The van der Waals surface area contributed by atoms with E-state index in [1.807, 2.05) is 55.5 Å². The summed E-state index contributed by atoms with van der Waals surface area (Å²) in [7, 11) is 0. The molecular weight excluding hydrogens is 460 g/mol. The number of aromatic amines is 1. The van der Waals surface area contributed by atoms with E-state index in [4.69, 9.17) is 0 Å². The maximum absolute atomic E-state index is 13.2. The molecule has 0 saturated carbocycles. The van der Waals surface area contributed by atoms with Crippen LogP contribution in [0.25, 0.3) is 22.5 Å². The van der Waals surface area contributed by atoms with Crippen molar-refractivity contribution in [3.63, 3.8) is 0 Å². The first-order chi connectivity index (χ1) is 17.1. The van der Waals surface area contributed by atoms with E-state index in [1.165, 1.54) is 4.57 Å². The van der Waals surface area contributed by atoms with E-state index in [0.717, 1.165) is 58.7 Å². The monoisotopic (exact) mass is 490 g/mol. The zero-order valence-electron chi connectivity index (χ0n) is 20.1. The number of hydrogen-bond acceptors (Lipinski definition) is 6. The van der Waals surface area contributed by atoms with Crippen molar-refractivity contribution in [2.24, 2.45) is 0 Å². The molecule has 2 aromatic heterocycles. The molecule has 8 nitrogen and oxygen atoms in total. The van der Waals surface area contributed by atoms with Gasteiger partial charge in [-0.2, -0.15) is 5.21 Å². The number of rotatable bonds is 11. The lowest BCUT2D eigenvalue weighted by molar-refractivity contribution is 0.537. The summed E-state index contributed by atoms with van der Waals surface area (Å²) in [6.45, 7) is 4.96. The van der Waals surface area contributed by atoms with Gasteiger partial charge in [-0.3, -0.25) is 13.9 Å². The summed E-state index contributed by atoms with van der Waals surface area (Å²) in [5, 5.41) is 15.1. The van der Waals surface area contributed by atoms with Crippen molar-refractivity contribution in [2.75, 3.05) is 5.75 Å². The Morgan fingerprint density at radius 3 is 2.37 bits per heavy atom. The third kappa shape index (κ3) is 5.79. The van der Waals surface area contributed by atoms with Gasteiger partial charge in [0.2, 0.25) is 5.82 Å². The van der Waals surface area contributed by atoms with Crippen LogP contribution in [0.4, 0.5) is 0 Å². The van der Waals surface area contributed by atoms with Crippen LogP contribution in [-0.2, 0) is 13.1 Å². The zero-order chi connectivity index (χ0) is 24.6. The molecule has 0 atom stereocenters. The normalized spacial score (nSPS) is 11.1. The molecule has 1 N–H and O–H groups in total. The maximum atomic E-state index is 13.2. The lowest BCUT2D eigenvalue weighted by Gasteiger charge is -2.15. The number of benzene rings is 2. The first kappa shape index (κ1) is 24.7. The number of hydrogen-bond donors (Lipinski definition) is 1. The smallest absolute Gasteiger partial charge is 0.283 e. The molecule has 0 fully saturated rings. The van der Waals surface area contributed by atoms with E-state index in [1.54, 1.807) is 22.4 Å². The second-order valence-corrected chi connectivity index (χ2v) is 9.49. The molecule has 9 heteroatoms. The largest absolute Gasteiger partial charge is 0.332 e. The van der Waals surface area contributed by atoms with Crippen LogP contribution in [0.1, 0.15) is 45.1 Å². The zero-order valence-corrected chi connectivity index (χ0v) is 20.9. The molecule has 0 amide bonds. The number of tetrazole rings is 1. The predicted octanol–water partition coefficient (Wildman–Crippen LogP) is 4.60. The van der Waals surface area contributed by atoms with Gasteiger partial charge >= 0.3 is 5.69 Å². The van der Waals surface area contributed by atoms with Gasteiger partial charge in [0.05, 0.1) is 11.6 Å². The Morgan fingerprint density at radius 2 is 1.69 bits per heavy atom. The second-order valence-electron chi connectivity index (χ2n) is 8.37. The van der Waals surface area contributed by atoms with Crippen molar-refractivity contribution < 1.29 is 0 Å². The van der Waals surface area contributed by atoms with E-state index in [-0.39, 0.29) is 11.2 Å². The third-order valence-corrected chi connectivity index (χ3v) is 6.93. The molecule has 0 radical (unpaired) electrons. The van der Waals surface area contributed by atoms with E-state index >= 15 is 0 Å². The second kappa shape index (κ2) is 11.8. The Labute approximate surface area is 208 Å². The Balaban J connectivity index is 1.64. The first-order valence-corrected chi connectivity index (χ1v) is 13.0. The predicted molar refractivity (Wildman–Crippen MR) is 140 cm³/mol. The number of unbranched alkanes of at least 4 members (excludes halogenated alkanes) is 2. The Bertz CT molecular complexity index is 1360. The average Bonchev–Trinajstić information content (AvgIpc) is 3.42. The molecule has 0 unspecified atom stereocenters. The van der Waals surface area contributed by atoms with E-state index in [9.17, 15) is 9.59 Å².